The van der Waals surface area contributed by atoms with Crippen LogP contribution in [0.25, 0.3) is 6.08 Å². The number of carbonyl (C=O) groups excluding carboxylic acids is 1. The molecular weight excluding hydrogens is 258 g/mol. The Balaban J connectivity index is 2.48. The Bertz CT molecular complexity index is 588. The summed E-state index contributed by atoms with van der Waals surface area (Å²) in [4.78, 5) is 16.2. The fraction of sp³-hybridized carbons (Fsp3) is 0.333. The van der Waals surface area contributed by atoms with E-state index in [-0.39, 0.29) is 6.10 Å². The minimum Gasteiger partial charge on any atom is -0.493 e. The molecule has 1 aromatic rings. The lowest BCUT2D eigenvalue weighted by Gasteiger charge is -2.16. The smallest absolute Gasteiger partial charge is 0.367 e. The predicted octanol–water partition coefficient (Wildman–Crippen LogP) is 2.80. The lowest BCUT2D eigenvalue weighted by atomic mass is 10.1. The van der Waals surface area contributed by atoms with Gasteiger partial charge in [-0.2, -0.15) is 0 Å². The molecule has 0 fully saturated rings. The molecule has 2 rings (SSSR count). The Hall–Kier alpha value is -2.30. The van der Waals surface area contributed by atoms with E-state index >= 15 is 0 Å². The van der Waals surface area contributed by atoms with Crippen LogP contribution < -0.4 is 9.47 Å². The van der Waals surface area contributed by atoms with Gasteiger partial charge < -0.3 is 14.3 Å². The summed E-state index contributed by atoms with van der Waals surface area (Å²) in [5, 5.41) is 3.65. The van der Waals surface area contributed by atoms with Crippen LogP contribution in [-0.4, -0.2) is 24.9 Å². The quantitative estimate of drug-likeness (QED) is 0.626. The largest absolute Gasteiger partial charge is 0.493 e. The number of carbonyl (C=O) groups is 1. The molecule has 1 aliphatic rings. The maximum atomic E-state index is 11.6. The van der Waals surface area contributed by atoms with Gasteiger partial charge in [-0.25, -0.2) is 4.79 Å². The molecule has 1 aromatic carbocycles. The van der Waals surface area contributed by atoms with Crippen LogP contribution in [0.3, 0.4) is 0 Å². The Labute approximate surface area is 117 Å². The molecule has 0 N–H and O–H groups in total. The summed E-state index contributed by atoms with van der Waals surface area (Å²) >= 11 is 0. The van der Waals surface area contributed by atoms with E-state index in [2.05, 4.69) is 9.99 Å². The standard InChI is InChI=1S/C15H17NO4/c1-9(2)19-14-11(6-5-7-13(14)18-4)8-12-10(3)16-20-15(12)17/h5-9H,1-4H3/b12-8-. The van der Waals surface area contributed by atoms with Crippen LogP contribution in [0.2, 0.25) is 0 Å². The van der Waals surface area contributed by atoms with E-state index in [0.717, 1.165) is 5.56 Å². The highest BCUT2D eigenvalue weighted by atomic mass is 16.7. The minimum absolute atomic E-state index is 0.00579. The van der Waals surface area contributed by atoms with Crippen LogP contribution >= 0.6 is 0 Å². The first-order valence-corrected chi connectivity index (χ1v) is 6.34. The molecule has 0 bridgehead atoms. The van der Waals surface area contributed by atoms with E-state index in [1.165, 1.54) is 0 Å². The molecule has 0 unspecified atom stereocenters. The molecule has 1 heterocycles. The molecule has 1 aliphatic heterocycles. The van der Waals surface area contributed by atoms with Crippen LogP contribution in [0.1, 0.15) is 26.3 Å². The maximum Gasteiger partial charge on any atom is 0.367 e. The lowest BCUT2D eigenvalue weighted by molar-refractivity contribution is -0.136. The molecule has 5 nitrogen and oxygen atoms in total. The van der Waals surface area contributed by atoms with Gasteiger partial charge in [-0.3, -0.25) is 0 Å². The topological polar surface area (TPSA) is 57.1 Å². The summed E-state index contributed by atoms with van der Waals surface area (Å²) < 4.78 is 11.1. The second kappa shape index (κ2) is 5.77. The summed E-state index contributed by atoms with van der Waals surface area (Å²) in [6, 6.07) is 5.50. The van der Waals surface area contributed by atoms with Gasteiger partial charge in [-0.15, -0.1) is 0 Å². The lowest BCUT2D eigenvalue weighted by Crippen LogP contribution is -2.08. The van der Waals surface area contributed by atoms with Gasteiger partial charge in [-0.1, -0.05) is 17.3 Å². The van der Waals surface area contributed by atoms with Gasteiger partial charge in [-0.05, 0) is 32.9 Å². The number of hydrogen-bond donors (Lipinski definition) is 0. The number of ether oxygens (including phenoxy) is 2. The third-order valence-corrected chi connectivity index (χ3v) is 2.76. The van der Waals surface area contributed by atoms with Crippen molar-refractivity contribution in [1.29, 1.82) is 0 Å². The van der Waals surface area contributed by atoms with Crippen molar-refractivity contribution < 1.29 is 19.1 Å². The number of hydrogen-bond acceptors (Lipinski definition) is 5. The fourth-order valence-electron chi connectivity index (χ4n) is 1.84. The molecule has 0 saturated heterocycles. The highest BCUT2D eigenvalue weighted by Crippen LogP contribution is 2.34. The van der Waals surface area contributed by atoms with Crippen molar-refractivity contribution >= 4 is 17.8 Å². The summed E-state index contributed by atoms with van der Waals surface area (Å²) in [7, 11) is 1.58. The van der Waals surface area contributed by atoms with Gasteiger partial charge in [0.2, 0.25) is 0 Å². The average Bonchev–Trinajstić information content (AvgIpc) is 2.72. The second-order valence-electron chi connectivity index (χ2n) is 4.66. The highest BCUT2D eigenvalue weighted by molar-refractivity contribution is 6.24. The van der Waals surface area contributed by atoms with E-state index < -0.39 is 5.97 Å². The molecule has 0 amide bonds. The van der Waals surface area contributed by atoms with Gasteiger partial charge in [0.15, 0.2) is 11.5 Å². The van der Waals surface area contributed by atoms with Crippen LogP contribution in [0.15, 0.2) is 28.9 Å². The van der Waals surface area contributed by atoms with Crippen molar-refractivity contribution in [2.75, 3.05) is 7.11 Å². The first kappa shape index (κ1) is 14.1. The third-order valence-electron chi connectivity index (χ3n) is 2.76. The van der Waals surface area contributed by atoms with Gasteiger partial charge in [0.05, 0.1) is 24.5 Å². The predicted molar refractivity (Wildman–Crippen MR) is 75.9 cm³/mol. The minimum atomic E-state index is -0.458. The van der Waals surface area contributed by atoms with Crippen molar-refractivity contribution in [3.63, 3.8) is 0 Å². The van der Waals surface area contributed by atoms with Crippen molar-refractivity contribution in [3.05, 3.63) is 29.3 Å². The van der Waals surface area contributed by atoms with Gasteiger partial charge in [0.25, 0.3) is 0 Å². The number of rotatable bonds is 4. The van der Waals surface area contributed by atoms with Gasteiger partial charge in [0.1, 0.15) is 0 Å². The van der Waals surface area contributed by atoms with Crippen molar-refractivity contribution in [3.8, 4) is 11.5 Å². The molecular formula is C15H17NO4. The summed E-state index contributed by atoms with van der Waals surface area (Å²) in [5.41, 5.74) is 1.72. The molecule has 0 aromatic heterocycles. The first-order valence-electron chi connectivity index (χ1n) is 6.34. The van der Waals surface area contributed by atoms with E-state index in [0.29, 0.717) is 22.8 Å². The van der Waals surface area contributed by atoms with Crippen LogP contribution in [0.5, 0.6) is 11.5 Å². The van der Waals surface area contributed by atoms with Crippen LogP contribution in [0.4, 0.5) is 0 Å². The SMILES string of the molecule is COc1cccc(/C=C2\C(=O)ON=C2C)c1OC(C)C. The van der Waals surface area contributed by atoms with Crippen molar-refractivity contribution in [1.82, 2.24) is 0 Å². The van der Waals surface area contributed by atoms with Gasteiger partial charge >= 0.3 is 5.97 Å². The number of para-hydroxylation sites is 1. The van der Waals surface area contributed by atoms with Gasteiger partial charge in [0, 0.05) is 5.56 Å². The third kappa shape index (κ3) is 2.82. The van der Waals surface area contributed by atoms with Crippen molar-refractivity contribution in [2.24, 2.45) is 5.16 Å². The molecule has 0 spiro atoms. The molecule has 106 valence electrons. The zero-order valence-electron chi connectivity index (χ0n) is 12.0. The highest BCUT2D eigenvalue weighted by Gasteiger charge is 2.23. The number of oxime groups is 1. The Kier molecular flexibility index (Phi) is 4.08. The number of methoxy groups -OCH3 is 1. The number of nitrogens with zero attached hydrogens (tertiary/aromatic N) is 1. The zero-order valence-corrected chi connectivity index (χ0v) is 12.0. The van der Waals surface area contributed by atoms with E-state index in [1.807, 2.05) is 32.0 Å². The second-order valence-corrected chi connectivity index (χ2v) is 4.66. The molecule has 5 heteroatoms. The van der Waals surface area contributed by atoms with E-state index in [9.17, 15) is 4.79 Å². The summed E-state index contributed by atoms with van der Waals surface area (Å²) in [6.07, 6.45) is 1.70. The Morgan fingerprint density at radius 1 is 1.35 bits per heavy atom. The first-order chi connectivity index (χ1) is 9.52. The zero-order chi connectivity index (χ0) is 14.7. The summed E-state index contributed by atoms with van der Waals surface area (Å²) in [6.45, 7) is 5.58. The molecule has 0 radical (unpaired) electrons. The number of benzene rings is 1. The van der Waals surface area contributed by atoms with E-state index in [1.54, 1.807) is 20.1 Å². The van der Waals surface area contributed by atoms with Crippen molar-refractivity contribution in [2.45, 2.75) is 26.9 Å². The molecule has 0 aliphatic carbocycles. The Morgan fingerprint density at radius 2 is 2.10 bits per heavy atom. The maximum absolute atomic E-state index is 11.6. The molecule has 20 heavy (non-hydrogen) atoms. The van der Waals surface area contributed by atoms with E-state index in [4.69, 9.17) is 9.47 Å². The monoisotopic (exact) mass is 275 g/mol. The van der Waals surface area contributed by atoms with Crippen LogP contribution in [0, 0.1) is 0 Å². The van der Waals surface area contributed by atoms with Crippen LogP contribution in [-0.2, 0) is 9.63 Å². The summed E-state index contributed by atoms with van der Waals surface area (Å²) in [5.74, 6) is 0.764. The fourth-order valence-corrected chi connectivity index (χ4v) is 1.84. The average molecular weight is 275 g/mol. The molecule has 0 saturated carbocycles. The molecule has 0 atom stereocenters. The normalized spacial score (nSPS) is 16.4. The Morgan fingerprint density at radius 3 is 2.65 bits per heavy atom.